The lowest BCUT2D eigenvalue weighted by Crippen LogP contribution is -2.37. The van der Waals surface area contributed by atoms with Gasteiger partial charge in [0.25, 0.3) is 0 Å². The average Bonchev–Trinajstić information content (AvgIpc) is 3.78. The van der Waals surface area contributed by atoms with E-state index in [0.717, 1.165) is 45.4 Å². The molecule has 13 rings (SSSR count). The second kappa shape index (κ2) is 17.2. The Morgan fingerprint density at radius 2 is 0.743 bits per heavy atom. The molecule has 0 spiro atoms. The van der Waals surface area contributed by atoms with E-state index in [0.29, 0.717) is 0 Å². The molecular formula is C67H47N3. The van der Waals surface area contributed by atoms with Crippen LogP contribution in [0.15, 0.2) is 285 Å². The number of nitrogens with zero attached hydrogens (tertiary/aromatic N) is 3. The second-order valence-corrected chi connectivity index (χ2v) is 18.1. The van der Waals surface area contributed by atoms with E-state index in [9.17, 15) is 0 Å². The molecule has 330 valence electrons. The first-order chi connectivity index (χ1) is 34.7. The van der Waals surface area contributed by atoms with Gasteiger partial charge in [-0.3, -0.25) is 0 Å². The first kappa shape index (κ1) is 41.0. The summed E-state index contributed by atoms with van der Waals surface area (Å²) in [5.41, 5.74) is 19.2. The van der Waals surface area contributed by atoms with Crippen molar-refractivity contribution in [2.75, 3.05) is 9.80 Å². The molecule has 3 heteroatoms. The third-order valence-electron chi connectivity index (χ3n) is 14.2. The minimum absolute atomic E-state index is 0.601. The highest BCUT2D eigenvalue weighted by Crippen LogP contribution is 2.58. The van der Waals surface area contributed by atoms with E-state index in [4.69, 9.17) is 0 Å². The van der Waals surface area contributed by atoms with Crippen LogP contribution in [0.3, 0.4) is 0 Å². The third-order valence-corrected chi connectivity index (χ3v) is 14.2. The van der Waals surface area contributed by atoms with Crippen molar-refractivity contribution in [2.45, 2.75) is 5.41 Å². The van der Waals surface area contributed by atoms with Gasteiger partial charge in [0.05, 0.1) is 27.8 Å². The molecule has 70 heavy (non-hydrogen) atoms. The highest BCUT2D eigenvalue weighted by Gasteiger charge is 2.46. The molecule has 0 amide bonds. The molecule has 0 N–H and O–H groups in total. The standard InChI is InChI=1S/C67H47N3/c1-6-20-48(21-7-1)49-34-39-56(40-35-49)68(57-41-36-50(37-42-57)51-38-45-64-60(46-51)59-30-16-18-32-63(59)69(64)54-26-12-4-13-27-54)58-43-44-62-66(47-58)70(55-28-14-5-15-29-55)65-33-19-17-31-61(65)67(62,52-22-8-2-9-23-52)53-24-10-3-11-25-53/h1-47H. The smallest absolute Gasteiger partial charge is 0.0742 e. The maximum Gasteiger partial charge on any atom is 0.0742 e. The Morgan fingerprint density at radius 3 is 1.39 bits per heavy atom. The van der Waals surface area contributed by atoms with Crippen molar-refractivity contribution in [1.82, 2.24) is 4.57 Å². The van der Waals surface area contributed by atoms with Crippen molar-refractivity contribution in [3.8, 4) is 27.9 Å². The fourth-order valence-electron chi connectivity index (χ4n) is 11.1. The van der Waals surface area contributed by atoms with Crippen LogP contribution in [0.2, 0.25) is 0 Å². The quantitative estimate of drug-likeness (QED) is 0.143. The lowest BCUT2D eigenvalue weighted by molar-refractivity contribution is 0.731. The number of rotatable bonds is 9. The molecule has 0 unspecified atom stereocenters. The number of hydrogen-bond acceptors (Lipinski definition) is 2. The number of fused-ring (bicyclic) bond motifs is 5. The molecule has 0 fully saturated rings. The summed E-state index contributed by atoms with van der Waals surface area (Å²) in [6.45, 7) is 0. The monoisotopic (exact) mass is 893 g/mol. The zero-order valence-corrected chi connectivity index (χ0v) is 38.5. The van der Waals surface area contributed by atoms with Crippen LogP contribution in [0.5, 0.6) is 0 Å². The molecule has 3 nitrogen and oxygen atoms in total. The molecule has 1 aromatic heterocycles. The zero-order chi connectivity index (χ0) is 46.4. The minimum Gasteiger partial charge on any atom is -0.310 e. The maximum atomic E-state index is 2.46. The summed E-state index contributed by atoms with van der Waals surface area (Å²) in [4.78, 5) is 4.87. The van der Waals surface area contributed by atoms with E-state index in [1.807, 2.05) is 0 Å². The highest BCUT2D eigenvalue weighted by atomic mass is 15.2. The molecule has 0 bridgehead atoms. The summed E-state index contributed by atoms with van der Waals surface area (Å²) in [6, 6.07) is 104. The predicted molar refractivity (Wildman–Crippen MR) is 293 cm³/mol. The molecule has 12 aromatic rings. The van der Waals surface area contributed by atoms with Gasteiger partial charge in [0.15, 0.2) is 0 Å². The Balaban J connectivity index is 0.996. The Hall–Kier alpha value is -9.18. The molecule has 0 radical (unpaired) electrons. The van der Waals surface area contributed by atoms with Crippen LogP contribution < -0.4 is 9.80 Å². The van der Waals surface area contributed by atoms with E-state index in [2.05, 4.69) is 299 Å². The van der Waals surface area contributed by atoms with Crippen molar-refractivity contribution < 1.29 is 0 Å². The Kier molecular flexibility index (Phi) is 10.1. The molecule has 2 heterocycles. The van der Waals surface area contributed by atoms with Crippen LogP contribution >= 0.6 is 0 Å². The largest absolute Gasteiger partial charge is 0.310 e. The molecule has 1 aliphatic rings. The predicted octanol–water partition coefficient (Wildman–Crippen LogP) is 17.8. The van der Waals surface area contributed by atoms with Crippen LogP contribution in [0.1, 0.15) is 22.3 Å². The Morgan fingerprint density at radius 1 is 0.286 bits per heavy atom. The van der Waals surface area contributed by atoms with E-state index in [-0.39, 0.29) is 0 Å². The zero-order valence-electron chi connectivity index (χ0n) is 38.5. The van der Waals surface area contributed by atoms with E-state index < -0.39 is 5.41 Å². The number of benzene rings is 11. The topological polar surface area (TPSA) is 11.4 Å². The van der Waals surface area contributed by atoms with Gasteiger partial charge >= 0.3 is 0 Å². The number of para-hydroxylation sites is 4. The number of hydrogen-bond donors (Lipinski definition) is 0. The lowest BCUT2D eigenvalue weighted by atomic mass is 9.62. The van der Waals surface area contributed by atoms with Crippen LogP contribution in [-0.4, -0.2) is 4.57 Å². The Labute approximate surface area is 409 Å². The van der Waals surface area contributed by atoms with Gasteiger partial charge in [-0.1, -0.05) is 200 Å². The van der Waals surface area contributed by atoms with E-state index >= 15 is 0 Å². The summed E-state index contributed by atoms with van der Waals surface area (Å²) in [5, 5.41) is 2.48. The first-order valence-corrected chi connectivity index (χ1v) is 24.1. The summed E-state index contributed by atoms with van der Waals surface area (Å²) >= 11 is 0. The van der Waals surface area contributed by atoms with Crippen LogP contribution in [-0.2, 0) is 5.41 Å². The van der Waals surface area contributed by atoms with Crippen molar-refractivity contribution >= 4 is 55.9 Å². The lowest BCUT2D eigenvalue weighted by Gasteiger charge is -2.47. The van der Waals surface area contributed by atoms with Gasteiger partial charge < -0.3 is 14.4 Å². The van der Waals surface area contributed by atoms with Gasteiger partial charge in [-0.05, 0) is 129 Å². The minimum atomic E-state index is -0.601. The molecule has 11 aromatic carbocycles. The molecular weight excluding hydrogens is 847 g/mol. The van der Waals surface area contributed by atoms with Crippen LogP contribution in [0.4, 0.5) is 34.1 Å². The van der Waals surface area contributed by atoms with Gasteiger partial charge in [-0.2, -0.15) is 0 Å². The van der Waals surface area contributed by atoms with Gasteiger partial charge in [-0.15, -0.1) is 0 Å². The second-order valence-electron chi connectivity index (χ2n) is 18.1. The molecule has 0 aliphatic carbocycles. The van der Waals surface area contributed by atoms with Gasteiger partial charge in [0.1, 0.15) is 0 Å². The Bertz CT molecular complexity index is 3750. The van der Waals surface area contributed by atoms with Crippen molar-refractivity contribution in [1.29, 1.82) is 0 Å². The van der Waals surface area contributed by atoms with E-state index in [1.165, 1.54) is 60.8 Å². The van der Waals surface area contributed by atoms with Crippen LogP contribution in [0.25, 0.3) is 49.7 Å². The summed E-state index contributed by atoms with van der Waals surface area (Å²) in [5.74, 6) is 0. The summed E-state index contributed by atoms with van der Waals surface area (Å²) in [7, 11) is 0. The molecule has 0 atom stereocenters. The first-order valence-electron chi connectivity index (χ1n) is 24.1. The third kappa shape index (κ3) is 6.74. The van der Waals surface area contributed by atoms with Gasteiger partial charge in [-0.25, -0.2) is 0 Å². The van der Waals surface area contributed by atoms with Crippen molar-refractivity contribution in [3.05, 3.63) is 307 Å². The molecule has 0 saturated heterocycles. The SMILES string of the molecule is c1ccc(-c2ccc(N(c3ccc(-c4ccc5c(c4)c4ccccc4n5-c4ccccc4)cc3)c3ccc4c(c3)N(c3ccccc3)c3ccccc3C4(c3ccccc3)c3ccccc3)cc2)cc1. The summed E-state index contributed by atoms with van der Waals surface area (Å²) in [6.07, 6.45) is 0. The van der Waals surface area contributed by atoms with Crippen LogP contribution in [0, 0.1) is 0 Å². The van der Waals surface area contributed by atoms with Crippen molar-refractivity contribution in [2.24, 2.45) is 0 Å². The fraction of sp³-hybridized carbons (Fsp3) is 0.0149. The van der Waals surface area contributed by atoms with Gasteiger partial charge in [0.2, 0.25) is 0 Å². The summed E-state index contributed by atoms with van der Waals surface area (Å²) < 4.78 is 2.37. The van der Waals surface area contributed by atoms with E-state index in [1.54, 1.807) is 0 Å². The highest BCUT2D eigenvalue weighted by molar-refractivity contribution is 6.10. The fourth-order valence-corrected chi connectivity index (χ4v) is 11.1. The van der Waals surface area contributed by atoms with Gasteiger partial charge in [0, 0.05) is 39.2 Å². The average molecular weight is 894 g/mol. The van der Waals surface area contributed by atoms with Crippen molar-refractivity contribution in [3.63, 3.8) is 0 Å². The normalized spacial score (nSPS) is 12.7. The number of anilines is 6. The number of aromatic nitrogens is 1. The maximum absolute atomic E-state index is 2.46. The molecule has 0 saturated carbocycles. The molecule has 1 aliphatic heterocycles.